The van der Waals surface area contributed by atoms with Crippen molar-refractivity contribution in [3.63, 3.8) is 0 Å². The molecule has 0 atom stereocenters. The quantitative estimate of drug-likeness (QED) is 0.214. The standard InChI is InChI=1S/C22H23F3O4/c1-2-3-4-5-6-7-14-28-21(26)15-8-10-16(11-9-15)22(27)29-18-13-12-17(23)19(24)20(18)25/h8-13H,2-7,14H2,1H3. The number of hydrogen-bond donors (Lipinski definition) is 0. The molecule has 0 spiro atoms. The van der Waals surface area contributed by atoms with E-state index in [1.54, 1.807) is 0 Å². The summed E-state index contributed by atoms with van der Waals surface area (Å²) in [5.41, 5.74) is 0.271. The zero-order chi connectivity index (χ0) is 21.2. The molecule has 0 unspecified atom stereocenters. The van der Waals surface area contributed by atoms with Crippen LogP contribution in [0, 0.1) is 17.5 Å². The van der Waals surface area contributed by atoms with Gasteiger partial charge in [-0.15, -0.1) is 0 Å². The van der Waals surface area contributed by atoms with Crippen molar-refractivity contribution in [2.24, 2.45) is 0 Å². The van der Waals surface area contributed by atoms with Crippen molar-refractivity contribution in [3.05, 3.63) is 65.0 Å². The van der Waals surface area contributed by atoms with Crippen molar-refractivity contribution in [2.75, 3.05) is 6.61 Å². The summed E-state index contributed by atoms with van der Waals surface area (Å²) >= 11 is 0. The van der Waals surface area contributed by atoms with Crippen molar-refractivity contribution < 1.29 is 32.2 Å². The average Bonchev–Trinajstić information content (AvgIpc) is 2.73. The summed E-state index contributed by atoms with van der Waals surface area (Å²) in [5.74, 6) is -6.90. The molecule has 0 saturated carbocycles. The number of esters is 2. The van der Waals surface area contributed by atoms with Gasteiger partial charge in [0.1, 0.15) is 0 Å². The van der Waals surface area contributed by atoms with Gasteiger partial charge in [0.15, 0.2) is 17.4 Å². The van der Waals surface area contributed by atoms with Crippen LogP contribution in [0.25, 0.3) is 0 Å². The molecule has 156 valence electrons. The van der Waals surface area contributed by atoms with Crippen LogP contribution < -0.4 is 4.74 Å². The third kappa shape index (κ3) is 6.62. The van der Waals surface area contributed by atoms with E-state index < -0.39 is 35.1 Å². The first-order chi connectivity index (χ1) is 13.9. The van der Waals surface area contributed by atoms with Crippen LogP contribution in [-0.2, 0) is 4.74 Å². The molecule has 0 bridgehead atoms. The van der Waals surface area contributed by atoms with Crippen LogP contribution >= 0.6 is 0 Å². The monoisotopic (exact) mass is 408 g/mol. The fourth-order valence-electron chi connectivity index (χ4n) is 2.62. The van der Waals surface area contributed by atoms with E-state index in [0.29, 0.717) is 12.7 Å². The Morgan fingerprint density at radius 3 is 2.00 bits per heavy atom. The van der Waals surface area contributed by atoms with E-state index in [-0.39, 0.29) is 11.1 Å². The molecule has 0 heterocycles. The first-order valence-electron chi connectivity index (χ1n) is 9.57. The molecular formula is C22H23F3O4. The fourth-order valence-corrected chi connectivity index (χ4v) is 2.62. The van der Waals surface area contributed by atoms with E-state index in [9.17, 15) is 22.8 Å². The third-order valence-electron chi connectivity index (χ3n) is 4.29. The topological polar surface area (TPSA) is 52.6 Å². The van der Waals surface area contributed by atoms with Crippen LogP contribution in [0.15, 0.2) is 36.4 Å². The van der Waals surface area contributed by atoms with Gasteiger partial charge in [0, 0.05) is 0 Å². The number of carbonyl (C=O) groups excluding carboxylic acids is 2. The van der Waals surface area contributed by atoms with E-state index in [1.807, 2.05) is 0 Å². The van der Waals surface area contributed by atoms with Gasteiger partial charge in [0.25, 0.3) is 0 Å². The van der Waals surface area contributed by atoms with Crippen LogP contribution in [0.1, 0.15) is 66.2 Å². The maximum absolute atomic E-state index is 13.6. The number of halogens is 3. The lowest BCUT2D eigenvalue weighted by molar-refractivity contribution is 0.0497. The van der Waals surface area contributed by atoms with E-state index in [4.69, 9.17) is 9.47 Å². The Kier molecular flexibility index (Phi) is 8.70. The van der Waals surface area contributed by atoms with Crippen molar-refractivity contribution >= 4 is 11.9 Å². The predicted octanol–water partition coefficient (Wildman–Crippen LogP) is 5.84. The largest absolute Gasteiger partial charge is 0.462 e. The highest BCUT2D eigenvalue weighted by Gasteiger charge is 2.18. The molecule has 29 heavy (non-hydrogen) atoms. The molecule has 0 aliphatic rings. The van der Waals surface area contributed by atoms with E-state index in [1.165, 1.54) is 43.5 Å². The fraction of sp³-hybridized carbons (Fsp3) is 0.364. The van der Waals surface area contributed by atoms with Crippen LogP contribution in [0.2, 0.25) is 0 Å². The second-order valence-corrected chi connectivity index (χ2v) is 6.54. The molecule has 0 aliphatic carbocycles. The Hall–Kier alpha value is -2.83. The highest BCUT2D eigenvalue weighted by molar-refractivity contribution is 5.94. The van der Waals surface area contributed by atoms with Crippen molar-refractivity contribution in [1.29, 1.82) is 0 Å². The molecule has 2 rings (SSSR count). The number of carbonyl (C=O) groups is 2. The highest BCUT2D eigenvalue weighted by Crippen LogP contribution is 2.23. The van der Waals surface area contributed by atoms with Gasteiger partial charge < -0.3 is 9.47 Å². The number of unbranched alkanes of at least 4 members (excludes halogenated alkanes) is 5. The van der Waals surface area contributed by atoms with E-state index >= 15 is 0 Å². The van der Waals surface area contributed by atoms with Gasteiger partial charge in [-0.3, -0.25) is 0 Å². The minimum atomic E-state index is -1.72. The number of ether oxygens (including phenoxy) is 2. The zero-order valence-corrected chi connectivity index (χ0v) is 16.2. The maximum atomic E-state index is 13.6. The Bertz CT molecular complexity index is 835. The van der Waals surface area contributed by atoms with Crippen LogP contribution in [0.3, 0.4) is 0 Å². The van der Waals surface area contributed by atoms with Gasteiger partial charge in [-0.25, -0.2) is 18.4 Å². The van der Waals surface area contributed by atoms with Crippen molar-refractivity contribution in [3.8, 4) is 5.75 Å². The maximum Gasteiger partial charge on any atom is 0.343 e. The number of hydrogen-bond acceptors (Lipinski definition) is 4. The normalized spacial score (nSPS) is 10.6. The second kappa shape index (κ2) is 11.2. The summed E-state index contributed by atoms with van der Waals surface area (Å²) in [6.07, 6.45) is 6.46. The van der Waals surface area contributed by atoms with Gasteiger partial charge in [0.05, 0.1) is 17.7 Å². The molecule has 4 nitrogen and oxygen atoms in total. The molecular weight excluding hydrogens is 385 g/mol. The summed E-state index contributed by atoms with van der Waals surface area (Å²) < 4.78 is 49.6. The summed E-state index contributed by atoms with van der Waals surface area (Å²) in [6.45, 7) is 2.47. The molecule has 0 radical (unpaired) electrons. The molecule has 0 amide bonds. The van der Waals surface area contributed by atoms with Crippen LogP contribution in [0.5, 0.6) is 5.75 Å². The lowest BCUT2D eigenvalue weighted by Gasteiger charge is -2.08. The lowest BCUT2D eigenvalue weighted by Crippen LogP contribution is -2.11. The van der Waals surface area contributed by atoms with Crippen molar-refractivity contribution in [2.45, 2.75) is 45.4 Å². The zero-order valence-electron chi connectivity index (χ0n) is 16.2. The van der Waals surface area contributed by atoms with Gasteiger partial charge in [0.2, 0.25) is 5.82 Å². The van der Waals surface area contributed by atoms with Crippen LogP contribution in [0.4, 0.5) is 13.2 Å². The average molecular weight is 408 g/mol. The number of benzene rings is 2. The Morgan fingerprint density at radius 1 is 0.759 bits per heavy atom. The molecule has 0 aromatic heterocycles. The first-order valence-corrected chi connectivity index (χ1v) is 9.57. The van der Waals surface area contributed by atoms with Gasteiger partial charge in [-0.2, -0.15) is 4.39 Å². The Morgan fingerprint density at radius 2 is 1.34 bits per heavy atom. The first kappa shape index (κ1) is 22.5. The summed E-state index contributed by atoms with van der Waals surface area (Å²) in [6, 6.07) is 6.84. The molecule has 7 heteroatoms. The Labute approximate surface area is 167 Å². The number of rotatable bonds is 10. The summed E-state index contributed by atoms with van der Waals surface area (Å²) in [5, 5.41) is 0. The minimum absolute atomic E-state index is 0.0154. The molecule has 0 N–H and O–H groups in total. The predicted molar refractivity (Wildman–Crippen MR) is 101 cm³/mol. The lowest BCUT2D eigenvalue weighted by atomic mass is 10.1. The SMILES string of the molecule is CCCCCCCCOC(=O)c1ccc(C(=O)Oc2ccc(F)c(F)c2F)cc1. The highest BCUT2D eigenvalue weighted by atomic mass is 19.2. The molecule has 0 aliphatic heterocycles. The third-order valence-corrected chi connectivity index (χ3v) is 4.29. The molecule has 2 aromatic carbocycles. The van der Waals surface area contributed by atoms with Crippen molar-refractivity contribution in [1.82, 2.24) is 0 Å². The summed E-state index contributed by atoms with van der Waals surface area (Å²) in [4.78, 5) is 24.0. The van der Waals surface area contributed by atoms with Gasteiger partial charge >= 0.3 is 11.9 Å². The molecule has 0 fully saturated rings. The Balaban J connectivity index is 1.85. The summed E-state index contributed by atoms with van der Waals surface area (Å²) in [7, 11) is 0. The minimum Gasteiger partial charge on any atom is -0.462 e. The smallest absolute Gasteiger partial charge is 0.343 e. The van der Waals surface area contributed by atoms with Gasteiger partial charge in [-0.1, -0.05) is 39.0 Å². The van der Waals surface area contributed by atoms with Crippen LogP contribution in [-0.4, -0.2) is 18.5 Å². The van der Waals surface area contributed by atoms with E-state index in [2.05, 4.69) is 6.92 Å². The van der Waals surface area contributed by atoms with Gasteiger partial charge in [-0.05, 0) is 42.8 Å². The van der Waals surface area contributed by atoms with E-state index in [0.717, 1.165) is 25.3 Å². The molecule has 0 saturated heterocycles. The molecule has 2 aromatic rings. The second-order valence-electron chi connectivity index (χ2n) is 6.54.